The standard InChI is InChI=1S/C43H68N6O9/c1-26(2)20-30(22-37(50)45-29(24-41(55)56)18-19-40(53)54)46-43(58)33-15-9-11-17-35(33)48-39(52)25-36(27(3)4)49-38(51)23-31(21-28-12-6-5-7-13-28)47-42(57)32-14-8-10-16-34(32)44/h5-7,12-13,26-27,29-36H,8-11,14-25,44H2,1-4H3,(H,45,50)(H,46,58)(H,47,57)(H,48,52)(H,49,51)(H,53,54)(H,55,56)/t29-,30-,31-,32+,33+,34+,35+,36+/m0/s1. The van der Waals surface area contributed by atoms with Crippen LogP contribution >= 0.6 is 0 Å². The van der Waals surface area contributed by atoms with Crippen molar-refractivity contribution in [2.45, 2.75) is 167 Å². The van der Waals surface area contributed by atoms with Gasteiger partial charge in [0.1, 0.15) is 0 Å². The fourth-order valence-corrected chi connectivity index (χ4v) is 8.21. The Morgan fingerprint density at radius 2 is 1.24 bits per heavy atom. The summed E-state index contributed by atoms with van der Waals surface area (Å²) in [5.41, 5.74) is 7.28. The SMILES string of the molecule is CC(C)C[C@@H](CC(=O)N[C@@H](CCC(=O)O)CC(=O)O)NC(=O)[C@@H]1CCCC[C@H]1NC(=O)C[C@@H](NC(=O)C[C@H](Cc1ccccc1)NC(=O)[C@@H]1CCCC[C@H]1N)C(C)C. The van der Waals surface area contributed by atoms with Gasteiger partial charge in [-0.1, -0.05) is 83.7 Å². The maximum absolute atomic E-state index is 13.8. The Morgan fingerprint density at radius 1 is 0.655 bits per heavy atom. The third-order valence-corrected chi connectivity index (χ3v) is 11.3. The summed E-state index contributed by atoms with van der Waals surface area (Å²) in [4.78, 5) is 89.7. The van der Waals surface area contributed by atoms with Crippen molar-refractivity contribution in [2.24, 2.45) is 29.4 Å². The van der Waals surface area contributed by atoms with E-state index in [1.165, 1.54) is 0 Å². The van der Waals surface area contributed by atoms with E-state index in [4.69, 9.17) is 10.8 Å². The first kappa shape index (κ1) is 47.8. The van der Waals surface area contributed by atoms with Gasteiger partial charge in [0, 0.05) is 61.9 Å². The third-order valence-electron chi connectivity index (χ3n) is 11.3. The molecule has 3 rings (SSSR count). The molecule has 0 radical (unpaired) electrons. The number of hydrogen-bond acceptors (Lipinski definition) is 8. The van der Waals surface area contributed by atoms with Crippen LogP contribution in [-0.4, -0.2) is 87.9 Å². The number of rotatable bonds is 23. The summed E-state index contributed by atoms with van der Waals surface area (Å²) in [6.45, 7) is 7.75. The molecular weight excluding hydrogens is 745 g/mol. The van der Waals surface area contributed by atoms with E-state index in [1.54, 1.807) is 0 Å². The average Bonchev–Trinajstić information content (AvgIpc) is 3.13. The Morgan fingerprint density at radius 3 is 1.86 bits per heavy atom. The molecule has 0 saturated heterocycles. The van der Waals surface area contributed by atoms with Crippen molar-refractivity contribution in [2.75, 3.05) is 0 Å². The molecule has 5 amide bonds. The normalized spacial score (nSPS) is 21.5. The summed E-state index contributed by atoms with van der Waals surface area (Å²) in [5.74, 6) is -4.57. The first-order valence-electron chi connectivity index (χ1n) is 21.2. The molecule has 58 heavy (non-hydrogen) atoms. The molecule has 1 aromatic carbocycles. The molecular formula is C43H68N6O9. The zero-order valence-electron chi connectivity index (χ0n) is 34.8. The van der Waals surface area contributed by atoms with Crippen molar-refractivity contribution < 1.29 is 43.8 Å². The number of carbonyl (C=O) groups excluding carboxylic acids is 5. The van der Waals surface area contributed by atoms with E-state index in [2.05, 4.69) is 26.6 Å². The van der Waals surface area contributed by atoms with Gasteiger partial charge in [-0.25, -0.2) is 0 Å². The van der Waals surface area contributed by atoms with Gasteiger partial charge in [-0.05, 0) is 62.3 Å². The Bertz CT molecular complexity index is 1520. The monoisotopic (exact) mass is 813 g/mol. The molecule has 0 unspecified atom stereocenters. The second-order valence-electron chi connectivity index (χ2n) is 17.2. The lowest BCUT2D eigenvalue weighted by Gasteiger charge is -2.33. The molecule has 0 bridgehead atoms. The van der Waals surface area contributed by atoms with Crippen LogP contribution in [0.25, 0.3) is 0 Å². The highest BCUT2D eigenvalue weighted by Crippen LogP contribution is 2.26. The maximum Gasteiger partial charge on any atom is 0.305 e. The first-order chi connectivity index (χ1) is 27.5. The largest absolute Gasteiger partial charge is 0.481 e. The molecule has 0 heterocycles. The van der Waals surface area contributed by atoms with Gasteiger partial charge < -0.3 is 42.5 Å². The van der Waals surface area contributed by atoms with Crippen molar-refractivity contribution in [1.82, 2.24) is 26.6 Å². The van der Waals surface area contributed by atoms with Crippen molar-refractivity contribution >= 4 is 41.5 Å². The van der Waals surface area contributed by atoms with Gasteiger partial charge in [-0.2, -0.15) is 0 Å². The maximum atomic E-state index is 13.8. The minimum atomic E-state index is -1.16. The minimum Gasteiger partial charge on any atom is -0.481 e. The number of amides is 5. The third kappa shape index (κ3) is 17.5. The zero-order chi connectivity index (χ0) is 42.8. The van der Waals surface area contributed by atoms with Gasteiger partial charge >= 0.3 is 11.9 Å². The van der Waals surface area contributed by atoms with Crippen molar-refractivity contribution in [3.05, 3.63) is 35.9 Å². The van der Waals surface area contributed by atoms with Gasteiger partial charge in [-0.3, -0.25) is 33.6 Å². The summed E-state index contributed by atoms with van der Waals surface area (Å²) in [6, 6.07) is 6.58. The van der Waals surface area contributed by atoms with Crippen molar-refractivity contribution in [3.8, 4) is 0 Å². The lowest BCUT2D eigenvalue weighted by atomic mass is 9.83. The quantitative estimate of drug-likeness (QED) is 0.0798. The molecule has 324 valence electrons. The highest BCUT2D eigenvalue weighted by atomic mass is 16.4. The second kappa shape index (κ2) is 24.4. The molecule has 8 atom stereocenters. The van der Waals surface area contributed by atoms with Gasteiger partial charge in [0.05, 0.1) is 18.3 Å². The summed E-state index contributed by atoms with van der Waals surface area (Å²) in [7, 11) is 0. The molecule has 0 aliphatic heterocycles. The number of nitrogens with one attached hydrogen (secondary N) is 5. The van der Waals surface area contributed by atoms with Crippen LogP contribution in [0.15, 0.2) is 30.3 Å². The highest BCUT2D eigenvalue weighted by molar-refractivity contribution is 5.85. The number of hydrogen-bond donors (Lipinski definition) is 8. The second-order valence-corrected chi connectivity index (χ2v) is 17.2. The van der Waals surface area contributed by atoms with Crippen LogP contribution in [0.2, 0.25) is 0 Å². The van der Waals surface area contributed by atoms with E-state index in [1.807, 2.05) is 58.0 Å². The molecule has 9 N–H and O–H groups in total. The predicted molar refractivity (Wildman–Crippen MR) is 219 cm³/mol. The lowest BCUT2D eigenvalue weighted by molar-refractivity contribution is -0.140. The number of aliphatic carboxylic acids is 2. The highest BCUT2D eigenvalue weighted by Gasteiger charge is 2.35. The van der Waals surface area contributed by atoms with Crippen LogP contribution in [0.3, 0.4) is 0 Å². The minimum absolute atomic E-state index is 0.00355. The molecule has 0 aromatic heterocycles. The Balaban J connectivity index is 1.62. The van der Waals surface area contributed by atoms with Crippen molar-refractivity contribution in [3.63, 3.8) is 0 Å². The van der Waals surface area contributed by atoms with Crippen LogP contribution < -0.4 is 32.3 Å². The van der Waals surface area contributed by atoms with Crippen LogP contribution in [0.4, 0.5) is 0 Å². The summed E-state index contributed by atoms with van der Waals surface area (Å²) >= 11 is 0. The van der Waals surface area contributed by atoms with Crippen LogP contribution in [0, 0.1) is 23.7 Å². The zero-order valence-corrected chi connectivity index (χ0v) is 34.8. The number of benzene rings is 1. The van der Waals surface area contributed by atoms with E-state index in [0.29, 0.717) is 25.7 Å². The molecule has 1 aromatic rings. The van der Waals surface area contributed by atoms with E-state index in [0.717, 1.165) is 44.1 Å². The van der Waals surface area contributed by atoms with E-state index in [-0.39, 0.29) is 79.5 Å². The Labute approximate surface area is 343 Å². The van der Waals surface area contributed by atoms with E-state index < -0.39 is 60.4 Å². The number of nitrogens with two attached hydrogens (primary N) is 1. The molecule has 15 heteroatoms. The fourth-order valence-electron chi connectivity index (χ4n) is 8.21. The Kier molecular flexibility index (Phi) is 20.1. The number of carboxylic acid groups (broad SMARTS) is 2. The van der Waals surface area contributed by atoms with Crippen LogP contribution in [0.1, 0.15) is 130 Å². The average molecular weight is 813 g/mol. The predicted octanol–water partition coefficient (Wildman–Crippen LogP) is 3.57. The topological polar surface area (TPSA) is 246 Å². The smallest absolute Gasteiger partial charge is 0.305 e. The molecule has 2 aliphatic carbocycles. The molecule has 2 saturated carbocycles. The lowest BCUT2D eigenvalue weighted by Crippen LogP contribution is -2.52. The molecule has 0 spiro atoms. The molecule has 2 fully saturated rings. The van der Waals surface area contributed by atoms with Crippen LogP contribution in [-0.2, 0) is 40.0 Å². The van der Waals surface area contributed by atoms with E-state index in [9.17, 15) is 38.7 Å². The number of carboxylic acids is 2. The summed E-state index contributed by atoms with van der Waals surface area (Å²) in [6.07, 6.45) is 6.26. The van der Waals surface area contributed by atoms with Gasteiger partial charge in [0.2, 0.25) is 29.5 Å². The first-order valence-corrected chi connectivity index (χ1v) is 21.2. The van der Waals surface area contributed by atoms with Crippen molar-refractivity contribution in [1.29, 1.82) is 0 Å². The molecule has 2 aliphatic rings. The Hall–Kier alpha value is -4.53. The van der Waals surface area contributed by atoms with Crippen LogP contribution in [0.5, 0.6) is 0 Å². The fraction of sp³-hybridized carbons (Fsp3) is 0.698. The van der Waals surface area contributed by atoms with E-state index >= 15 is 0 Å². The summed E-state index contributed by atoms with van der Waals surface area (Å²) in [5, 5.41) is 33.2. The van der Waals surface area contributed by atoms with Gasteiger partial charge in [-0.15, -0.1) is 0 Å². The van der Waals surface area contributed by atoms with Gasteiger partial charge in [0.25, 0.3) is 0 Å². The molecule has 15 nitrogen and oxygen atoms in total. The number of carbonyl (C=O) groups is 7. The van der Waals surface area contributed by atoms with Gasteiger partial charge in [0.15, 0.2) is 0 Å². The summed E-state index contributed by atoms with van der Waals surface area (Å²) < 4.78 is 0.